The summed E-state index contributed by atoms with van der Waals surface area (Å²) in [5.74, 6) is -0.392. The molecule has 0 unspecified atom stereocenters. The molecule has 0 aromatic heterocycles. The molecule has 1 saturated carbocycles. The number of rotatable bonds is 4. The van der Waals surface area contributed by atoms with E-state index >= 15 is 0 Å². The molecule has 0 bridgehead atoms. The fourth-order valence-electron chi connectivity index (χ4n) is 0.995. The fraction of sp³-hybridized carbons (Fsp3) is 0.857. The first-order valence-corrected chi connectivity index (χ1v) is 5.64. The Bertz CT molecular complexity index is 301. The normalized spacial score (nSPS) is 19.5. The molecule has 1 aliphatic rings. The second-order valence-electron chi connectivity index (χ2n) is 3.24. The highest BCUT2D eigenvalue weighted by molar-refractivity contribution is 7.85. The van der Waals surface area contributed by atoms with E-state index in [-0.39, 0.29) is 6.61 Å². The minimum atomic E-state index is -3.47. The van der Waals surface area contributed by atoms with E-state index < -0.39 is 21.5 Å². The summed E-state index contributed by atoms with van der Waals surface area (Å²) in [6, 6.07) is 0. The molecule has 0 radical (unpaired) electrons. The molecule has 0 aromatic rings. The molecule has 5 nitrogen and oxygen atoms in total. The van der Waals surface area contributed by atoms with Gasteiger partial charge < -0.3 is 4.74 Å². The van der Waals surface area contributed by atoms with Crippen LogP contribution >= 0.6 is 0 Å². The number of hydrogen-bond donors (Lipinski definition) is 0. The summed E-state index contributed by atoms with van der Waals surface area (Å²) in [6.45, 7) is -0.0987. The summed E-state index contributed by atoms with van der Waals surface area (Å²) in [4.78, 5) is 11.1. The molecular weight excluding hydrogens is 196 g/mol. The van der Waals surface area contributed by atoms with Crippen LogP contribution in [0, 0.1) is 5.41 Å². The Kier molecular flexibility index (Phi) is 2.63. The van der Waals surface area contributed by atoms with Crippen LogP contribution in [0.5, 0.6) is 0 Å². The second kappa shape index (κ2) is 3.26. The summed E-state index contributed by atoms with van der Waals surface area (Å²) >= 11 is 0. The van der Waals surface area contributed by atoms with Crippen molar-refractivity contribution in [3.05, 3.63) is 0 Å². The van der Waals surface area contributed by atoms with E-state index in [0.29, 0.717) is 12.8 Å². The molecule has 0 N–H and O–H groups in total. The summed E-state index contributed by atoms with van der Waals surface area (Å²) < 4.78 is 30.4. The van der Waals surface area contributed by atoms with Crippen molar-refractivity contribution in [2.45, 2.75) is 12.8 Å². The zero-order chi connectivity index (χ0) is 10.1. The highest BCUT2D eigenvalue weighted by atomic mass is 32.2. The third kappa shape index (κ3) is 2.67. The lowest BCUT2D eigenvalue weighted by Crippen LogP contribution is -2.24. The Morgan fingerprint density at radius 3 is 2.31 bits per heavy atom. The van der Waals surface area contributed by atoms with Crippen molar-refractivity contribution in [2.75, 3.05) is 20.0 Å². The van der Waals surface area contributed by atoms with Gasteiger partial charge >= 0.3 is 5.97 Å². The molecule has 0 aliphatic heterocycles. The van der Waals surface area contributed by atoms with E-state index in [1.165, 1.54) is 7.11 Å². The van der Waals surface area contributed by atoms with Crippen LogP contribution in [0.15, 0.2) is 0 Å². The Morgan fingerprint density at radius 1 is 1.46 bits per heavy atom. The first-order chi connectivity index (χ1) is 5.90. The maximum Gasteiger partial charge on any atom is 0.314 e. The summed E-state index contributed by atoms with van der Waals surface area (Å²) in [5, 5.41) is 0. The van der Waals surface area contributed by atoms with Gasteiger partial charge in [-0.2, -0.15) is 8.42 Å². The molecule has 76 valence electrons. The van der Waals surface area contributed by atoms with E-state index in [2.05, 4.69) is 8.92 Å². The van der Waals surface area contributed by atoms with Crippen LogP contribution in [0.2, 0.25) is 0 Å². The summed E-state index contributed by atoms with van der Waals surface area (Å²) in [6.07, 6.45) is 2.23. The van der Waals surface area contributed by atoms with E-state index in [0.717, 1.165) is 6.26 Å². The van der Waals surface area contributed by atoms with Gasteiger partial charge in [0.15, 0.2) is 0 Å². The molecule has 0 atom stereocenters. The highest BCUT2D eigenvalue weighted by Gasteiger charge is 2.52. The minimum Gasteiger partial charge on any atom is -0.469 e. The van der Waals surface area contributed by atoms with Gasteiger partial charge in [0.05, 0.1) is 25.4 Å². The van der Waals surface area contributed by atoms with Gasteiger partial charge in [0, 0.05) is 0 Å². The number of ether oxygens (including phenoxy) is 1. The van der Waals surface area contributed by atoms with Crippen LogP contribution in [0.4, 0.5) is 0 Å². The monoisotopic (exact) mass is 208 g/mol. The Hall–Kier alpha value is -0.620. The summed E-state index contributed by atoms with van der Waals surface area (Å²) in [7, 11) is -2.19. The van der Waals surface area contributed by atoms with Crippen molar-refractivity contribution in [3.63, 3.8) is 0 Å². The lowest BCUT2D eigenvalue weighted by Gasteiger charge is -2.10. The van der Waals surface area contributed by atoms with E-state index in [1.54, 1.807) is 0 Å². The van der Waals surface area contributed by atoms with Gasteiger partial charge in [-0.1, -0.05) is 0 Å². The average Bonchev–Trinajstić information content (AvgIpc) is 2.79. The molecule has 13 heavy (non-hydrogen) atoms. The standard InChI is InChI=1S/C7H12O5S/c1-11-6(8)7(3-4-7)5-12-13(2,9)10/h3-5H2,1-2H3. The smallest absolute Gasteiger partial charge is 0.314 e. The maximum absolute atomic E-state index is 11.1. The van der Waals surface area contributed by atoms with Gasteiger partial charge in [0.1, 0.15) is 0 Å². The number of hydrogen-bond acceptors (Lipinski definition) is 5. The lowest BCUT2D eigenvalue weighted by atomic mass is 10.1. The van der Waals surface area contributed by atoms with Crippen LogP contribution in [0.1, 0.15) is 12.8 Å². The molecule has 6 heteroatoms. The molecule has 1 rings (SSSR count). The number of esters is 1. The lowest BCUT2D eigenvalue weighted by molar-refractivity contribution is -0.148. The Morgan fingerprint density at radius 2 is 2.00 bits per heavy atom. The topological polar surface area (TPSA) is 69.7 Å². The van der Waals surface area contributed by atoms with Crippen molar-refractivity contribution in [2.24, 2.45) is 5.41 Å². The molecule has 0 aromatic carbocycles. The molecule has 0 spiro atoms. The minimum absolute atomic E-state index is 0.0987. The van der Waals surface area contributed by atoms with Crippen LogP contribution in [-0.4, -0.2) is 34.4 Å². The van der Waals surface area contributed by atoms with E-state index in [9.17, 15) is 13.2 Å². The van der Waals surface area contributed by atoms with E-state index in [1.807, 2.05) is 0 Å². The van der Waals surface area contributed by atoms with Gasteiger partial charge in [-0.15, -0.1) is 0 Å². The molecule has 0 heterocycles. The third-order valence-electron chi connectivity index (χ3n) is 2.02. The van der Waals surface area contributed by atoms with Gasteiger partial charge in [0.25, 0.3) is 10.1 Å². The van der Waals surface area contributed by atoms with Crippen molar-refractivity contribution in [3.8, 4) is 0 Å². The number of carbonyl (C=O) groups excluding carboxylic acids is 1. The molecule has 0 amide bonds. The largest absolute Gasteiger partial charge is 0.469 e. The predicted molar refractivity (Wildman–Crippen MR) is 44.5 cm³/mol. The van der Waals surface area contributed by atoms with Crippen molar-refractivity contribution >= 4 is 16.1 Å². The first-order valence-electron chi connectivity index (χ1n) is 3.82. The molecular formula is C7H12O5S. The maximum atomic E-state index is 11.1. The fourth-order valence-corrected chi connectivity index (χ4v) is 1.43. The van der Waals surface area contributed by atoms with Crippen LogP contribution < -0.4 is 0 Å². The average molecular weight is 208 g/mol. The van der Waals surface area contributed by atoms with Gasteiger partial charge in [0.2, 0.25) is 0 Å². The number of methoxy groups -OCH3 is 1. The first kappa shape index (κ1) is 10.5. The summed E-state index contributed by atoms with van der Waals surface area (Å²) in [5.41, 5.74) is -0.697. The van der Waals surface area contributed by atoms with E-state index in [4.69, 9.17) is 0 Å². The van der Waals surface area contributed by atoms with Gasteiger partial charge in [-0.3, -0.25) is 8.98 Å². The van der Waals surface area contributed by atoms with Gasteiger partial charge in [-0.05, 0) is 12.8 Å². The SMILES string of the molecule is COC(=O)C1(COS(C)(=O)=O)CC1. The molecule has 0 saturated heterocycles. The zero-order valence-electron chi connectivity index (χ0n) is 7.57. The Balaban J connectivity index is 2.50. The van der Waals surface area contributed by atoms with Crippen LogP contribution in [0.3, 0.4) is 0 Å². The van der Waals surface area contributed by atoms with Crippen molar-refractivity contribution in [1.82, 2.24) is 0 Å². The zero-order valence-corrected chi connectivity index (χ0v) is 8.39. The predicted octanol–water partition coefficient (Wildman–Crippen LogP) is -0.0842. The van der Waals surface area contributed by atoms with Crippen LogP contribution in [-0.2, 0) is 23.8 Å². The number of carbonyl (C=O) groups is 1. The third-order valence-corrected chi connectivity index (χ3v) is 2.57. The van der Waals surface area contributed by atoms with Crippen molar-refractivity contribution < 1.29 is 22.1 Å². The molecule has 1 fully saturated rings. The van der Waals surface area contributed by atoms with Crippen molar-refractivity contribution in [1.29, 1.82) is 0 Å². The quantitative estimate of drug-likeness (QED) is 0.477. The Labute approximate surface area is 77.1 Å². The van der Waals surface area contributed by atoms with Crippen LogP contribution in [0.25, 0.3) is 0 Å². The second-order valence-corrected chi connectivity index (χ2v) is 4.88. The molecule has 1 aliphatic carbocycles. The highest BCUT2D eigenvalue weighted by Crippen LogP contribution is 2.47. The van der Waals surface area contributed by atoms with Gasteiger partial charge in [-0.25, -0.2) is 0 Å².